The van der Waals surface area contributed by atoms with E-state index in [9.17, 15) is 0 Å². The second kappa shape index (κ2) is 6.86. The molecule has 0 radical (unpaired) electrons. The third-order valence-corrected chi connectivity index (χ3v) is 2.69. The van der Waals surface area contributed by atoms with Crippen LogP contribution in [0.1, 0.15) is 32.3 Å². The third-order valence-electron chi connectivity index (χ3n) is 2.45. The molecule has 84 valence electrons. The highest BCUT2D eigenvalue weighted by molar-refractivity contribution is 6.30. The summed E-state index contributed by atoms with van der Waals surface area (Å²) in [5.41, 5.74) is 1.30. The van der Waals surface area contributed by atoms with Crippen molar-refractivity contribution in [2.75, 3.05) is 6.54 Å². The first-order valence-electron chi connectivity index (χ1n) is 5.70. The monoisotopic (exact) mass is 225 g/mol. The molecule has 0 saturated heterocycles. The van der Waals surface area contributed by atoms with Gasteiger partial charge in [-0.25, -0.2) is 0 Å². The topological polar surface area (TPSA) is 12.0 Å². The van der Waals surface area contributed by atoms with Gasteiger partial charge in [0.05, 0.1) is 0 Å². The van der Waals surface area contributed by atoms with Crippen molar-refractivity contribution in [2.45, 2.75) is 39.2 Å². The van der Waals surface area contributed by atoms with Crippen LogP contribution >= 0.6 is 11.6 Å². The number of unbranched alkanes of at least 4 members (excludes halogenated alkanes) is 1. The summed E-state index contributed by atoms with van der Waals surface area (Å²) in [4.78, 5) is 0. The summed E-state index contributed by atoms with van der Waals surface area (Å²) >= 11 is 5.93. The minimum Gasteiger partial charge on any atom is -0.314 e. The molecule has 1 N–H and O–H groups in total. The van der Waals surface area contributed by atoms with Gasteiger partial charge in [-0.2, -0.15) is 0 Å². The third kappa shape index (κ3) is 5.19. The lowest BCUT2D eigenvalue weighted by Gasteiger charge is -2.13. The van der Waals surface area contributed by atoms with Gasteiger partial charge in [-0.05, 0) is 44.0 Å². The summed E-state index contributed by atoms with van der Waals surface area (Å²) in [5, 5.41) is 4.34. The van der Waals surface area contributed by atoms with Crippen LogP contribution in [-0.4, -0.2) is 12.6 Å². The predicted octanol–water partition coefficient (Wildman–Crippen LogP) is 3.66. The molecule has 0 spiro atoms. The van der Waals surface area contributed by atoms with E-state index in [1.165, 1.54) is 18.4 Å². The van der Waals surface area contributed by atoms with E-state index in [4.69, 9.17) is 11.6 Å². The first-order valence-corrected chi connectivity index (χ1v) is 6.08. The van der Waals surface area contributed by atoms with Crippen LogP contribution in [0, 0.1) is 0 Å². The van der Waals surface area contributed by atoms with E-state index in [1.807, 2.05) is 18.2 Å². The van der Waals surface area contributed by atoms with Gasteiger partial charge in [0, 0.05) is 11.1 Å². The van der Waals surface area contributed by atoms with Crippen LogP contribution in [0.4, 0.5) is 0 Å². The highest BCUT2D eigenvalue weighted by atomic mass is 35.5. The van der Waals surface area contributed by atoms with Crippen LogP contribution in [0.2, 0.25) is 5.02 Å². The molecular weight excluding hydrogens is 206 g/mol. The normalized spacial score (nSPS) is 12.7. The molecule has 0 aliphatic heterocycles. The number of halogens is 1. The Morgan fingerprint density at radius 2 is 2.20 bits per heavy atom. The van der Waals surface area contributed by atoms with E-state index in [0.29, 0.717) is 6.04 Å². The first kappa shape index (κ1) is 12.5. The molecule has 1 aromatic carbocycles. The molecule has 1 aromatic rings. The van der Waals surface area contributed by atoms with Crippen LogP contribution in [-0.2, 0) is 6.42 Å². The van der Waals surface area contributed by atoms with Gasteiger partial charge in [-0.3, -0.25) is 0 Å². The largest absolute Gasteiger partial charge is 0.314 e. The Kier molecular flexibility index (Phi) is 5.74. The number of nitrogens with one attached hydrogen (secondary N) is 1. The van der Waals surface area contributed by atoms with Gasteiger partial charge in [-0.15, -0.1) is 0 Å². The van der Waals surface area contributed by atoms with Crippen molar-refractivity contribution in [3.8, 4) is 0 Å². The van der Waals surface area contributed by atoms with Crippen LogP contribution in [0.5, 0.6) is 0 Å². The van der Waals surface area contributed by atoms with Crippen molar-refractivity contribution >= 4 is 11.6 Å². The average Bonchev–Trinajstić information content (AvgIpc) is 2.18. The average molecular weight is 226 g/mol. The highest BCUT2D eigenvalue weighted by Crippen LogP contribution is 2.12. The maximum atomic E-state index is 5.93. The zero-order valence-corrected chi connectivity index (χ0v) is 10.3. The van der Waals surface area contributed by atoms with Crippen molar-refractivity contribution < 1.29 is 0 Å². The summed E-state index contributed by atoms with van der Waals surface area (Å²) in [6, 6.07) is 8.62. The van der Waals surface area contributed by atoms with Gasteiger partial charge >= 0.3 is 0 Å². The van der Waals surface area contributed by atoms with Gasteiger partial charge in [0.15, 0.2) is 0 Å². The fourth-order valence-corrected chi connectivity index (χ4v) is 1.83. The summed E-state index contributed by atoms with van der Waals surface area (Å²) in [5.74, 6) is 0. The summed E-state index contributed by atoms with van der Waals surface area (Å²) in [6.45, 7) is 5.54. The Bertz CT molecular complexity index is 286. The lowest BCUT2D eigenvalue weighted by Crippen LogP contribution is -2.28. The van der Waals surface area contributed by atoms with E-state index in [2.05, 4.69) is 25.2 Å². The minimum absolute atomic E-state index is 0.523. The summed E-state index contributed by atoms with van der Waals surface area (Å²) in [6.07, 6.45) is 3.54. The second-order valence-electron chi connectivity index (χ2n) is 4.04. The number of hydrogen-bond acceptors (Lipinski definition) is 1. The molecule has 0 amide bonds. The fourth-order valence-electron chi connectivity index (χ4n) is 1.61. The molecule has 2 heteroatoms. The quantitative estimate of drug-likeness (QED) is 0.729. The number of hydrogen-bond donors (Lipinski definition) is 1. The standard InChI is InChI=1S/C13H20ClN/c1-3-4-8-15-11(2)9-12-6-5-7-13(14)10-12/h5-7,10-11,15H,3-4,8-9H2,1-2H3. The molecule has 0 heterocycles. The maximum Gasteiger partial charge on any atom is 0.0408 e. The van der Waals surface area contributed by atoms with Gasteiger partial charge in [0.2, 0.25) is 0 Å². The van der Waals surface area contributed by atoms with Crippen molar-refractivity contribution in [3.63, 3.8) is 0 Å². The Balaban J connectivity index is 2.34. The summed E-state index contributed by atoms with van der Waals surface area (Å²) in [7, 11) is 0. The lowest BCUT2D eigenvalue weighted by molar-refractivity contribution is 0.531. The molecule has 0 aliphatic carbocycles. The Morgan fingerprint density at radius 3 is 2.87 bits per heavy atom. The lowest BCUT2D eigenvalue weighted by atomic mass is 10.1. The molecule has 0 fully saturated rings. The van der Waals surface area contributed by atoms with E-state index >= 15 is 0 Å². The zero-order chi connectivity index (χ0) is 11.1. The van der Waals surface area contributed by atoms with Crippen LogP contribution < -0.4 is 5.32 Å². The molecule has 1 atom stereocenters. The van der Waals surface area contributed by atoms with Gasteiger partial charge in [0.1, 0.15) is 0 Å². The van der Waals surface area contributed by atoms with E-state index in [1.54, 1.807) is 0 Å². The van der Waals surface area contributed by atoms with Crippen LogP contribution in [0.3, 0.4) is 0 Å². The number of rotatable bonds is 6. The van der Waals surface area contributed by atoms with Crippen molar-refractivity contribution in [1.29, 1.82) is 0 Å². The second-order valence-corrected chi connectivity index (χ2v) is 4.48. The molecule has 1 rings (SSSR count). The van der Waals surface area contributed by atoms with Crippen molar-refractivity contribution in [2.24, 2.45) is 0 Å². The summed E-state index contributed by atoms with van der Waals surface area (Å²) < 4.78 is 0. The first-order chi connectivity index (χ1) is 7.22. The van der Waals surface area contributed by atoms with E-state index in [0.717, 1.165) is 18.0 Å². The van der Waals surface area contributed by atoms with E-state index in [-0.39, 0.29) is 0 Å². The predicted molar refractivity (Wildman–Crippen MR) is 67.5 cm³/mol. The molecule has 1 unspecified atom stereocenters. The zero-order valence-electron chi connectivity index (χ0n) is 9.59. The molecular formula is C13H20ClN. The number of benzene rings is 1. The molecule has 0 aliphatic rings. The molecule has 0 bridgehead atoms. The molecule has 0 aromatic heterocycles. The van der Waals surface area contributed by atoms with Crippen LogP contribution in [0.15, 0.2) is 24.3 Å². The fraction of sp³-hybridized carbons (Fsp3) is 0.538. The Morgan fingerprint density at radius 1 is 1.40 bits per heavy atom. The molecule has 15 heavy (non-hydrogen) atoms. The van der Waals surface area contributed by atoms with Crippen molar-refractivity contribution in [1.82, 2.24) is 5.32 Å². The van der Waals surface area contributed by atoms with Crippen LogP contribution in [0.25, 0.3) is 0 Å². The smallest absolute Gasteiger partial charge is 0.0408 e. The van der Waals surface area contributed by atoms with Gasteiger partial charge in [0.25, 0.3) is 0 Å². The minimum atomic E-state index is 0.523. The molecule has 0 saturated carbocycles. The van der Waals surface area contributed by atoms with Crippen molar-refractivity contribution in [3.05, 3.63) is 34.9 Å². The SMILES string of the molecule is CCCCNC(C)Cc1cccc(Cl)c1. The highest BCUT2D eigenvalue weighted by Gasteiger charge is 2.02. The van der Waals surface area contributed by atoms with Gasteiger partial charge < -0.3 is 5.32 Å². The maximum absolute atomic E-state index is 5.93. The van der Waals surface area contributed by atoms with Gasteiger partial charge in [-0.1, -0.05) is 37.1 Å². The van der Waals surface area contributed by atoms with E-state index < -0.39 is 0 Å². The molecule has 1 nitrogen and oxygen atoms in total. The Labute approximate surface area is 97.8 Å². The Hall–Kier alpha value is -0.530.